The van der Waals surface area contributed by atoms with Gasteiger partial charge in [0.05, 0.1) is 20.7 Å². The normalized spacial score (nSPS) is 10.7. The zero-order valence-corrected chi connectivity index (χ0v) is 16.6. The molecule has 0 saturated carbocycles. The molecule has 3 rings (SSSR count). The first-order chi connectivity index (χ1) is 12.6. The molecule has 0 saturated heterocycles. The van der Waals surface area contributed by atoms with Crippen molar-refractivity contribution >= 4 is 57.9 Å². The lowest BCUT2D eigenvalue weighted by Crippen LogP contribution is -2.14. The van der Waals surface area contributed by atoms with Gasteiger partial charge in [-0.15, -0.1) is 28.1 Å². The number of benzene rings is 1. The van der Waals surface area contributed by atoms with E-state index in [1.807, 2.05) is 22.1 Å². The van der Waals surface area contributed by atoms with Crippen molar-refractivity contribution in [3.05, 3.63) is 58.4 Å². The molecule has 0 radical (unpaired) electrons. The monoisotopic (exact) mass is 424 g/mol. The van der Waals surface area contributed by atoms with Gasteiger partial charge in [0.2, 0.25) is 5.91 Å². The summed E-state index contributed by atoms with van der Waals surface area (Å²) in [5, 5.41) is 14.7. The molecule has 1 amide bonds. The van der Waals surface area contributed by atoms with Gasteiger partial charge in [-0.25, -0.2) is 0 Å². The summed E-state index contributed by atoms with van der Waals surface area (Å²) >= 11 is 14.7. The molecule has 0 aliphatic heterocycles. The molecule has 2 heterocycles. The number of rotatable bonds is 7. The summed E-state index contributed by atoms with van der Waals surface area (Å²) in [5.41, 5.74) is 0.594. The zero-order valence-electron chi connectivity index (χ0n) is 13.5. The van der Waals surface area contributed by atoms with Crippen molar-refractivity contribution in [3.63, 3.8) is 0 Å². The minimum atomic E-state index is -0.167. The maximum atomic E-state index is 12.2. The molecule has 0 aliphatic rings. The number of amides is 1. The van der Waals surface area contributed by atoms with Crippen LogP contribution >= 0.6 is 46.3 Å². The molecular weight excluding hydrogens is 411 g/mol. The van der Waals surface area contributed by atoms with E-state index in [9.17, 15) is 4.79 Å². The number of anilines is 1. The molecule has 0 fully saturated rings. The van der Waals surface area contributed by atoms with Crippen molar-refractivity contribution in [3.8, 4) is 10.7 Å². The van der Waals surface area contributed by atoms with Crippen LogP contribution in [-0.4, -0.2) is 26.4 Å². The molecule has 2 aromatic heterocycles. The van der Waals surface area contributed by atoms with Crippen LogP contribution < -0.4 is 5.32 Å². The second kappa shape index (κ2) is 8.73. The van der Waals surface area contributed by atoms with Crippen molar-refractivity contribution < 1.29 is 4.79 Å². The maximum Gasteiger partial charge on any atom is 0.234 e. The molecule has 1 N–H and O–H groups in total. The molecule has 26 heavy (non-hydrogen) atoms. The van der Waals surface area contributed by atoms with Gasteiger partial charge in [0, 0.05) is 12.2 Å². The fraction of sp³-hybridized carbons (Fsp3) is 0.118. The SMILES string of the molecule is C=CCn1c(SCC(=O)Nc2ccc(Cl)c(Cl)c2)nnc1-c1cccs1. The van der Waals surface area contributed by atoms with Gasteiger partial charge in [0.25, 0.3) is 0 Å². The first kappa shape index (κ1) is 19.0. The Bertz CT molecular complexity index is 925. The quantitative estimate of drug-likeness (QED) is 0.416. The number of hydrogen-bond donors (Lipinski definition) is 1. The highest BCUT2D eigenvalue weighted by Crippen LogP contribution is 2.28. The minimum Gasteiger partial charge on any atom is -0.325 e. The molecule has 0 bridgehead atoms. The molecular formula is C17H14Cl2N4OS2. The van der Waals surface area contributed by atoms with Crippen LogP contribution in [0.2, 0.25) is 10.0 Å². The van der Waals surface area contributed by atoms with Gasteiger partial charge in [-0.3, -0.25) is 9.36 Å². The zero-order chi connectivity index (χ0) is 18.5. The van der Waals surface area contributed by atoms with E-state index in [2.05, 4.69) is 22.1 Å². The summed E-state index contributed by atoms with van der Waals surface area (Å²) in [6, 6.07) is 8.90. The van der Waals surface area contributed by atoms with Gasteiger partial charge in [0.1, 0.15) is 0 Å². The van der Waals surface area contributed by atoms with Crippen LogP contribution in [0.5, 0.6) is 0 Å². The first-order valence-corrected chi connectivity index (χ1v) is 10.2. The van der Waals surface area contributed by atoms with Crippen LogP contribution in [0.1, 0.15) is 0 Å². The van der Waals surface area contributed by atoms with Crippen molar-refractivity contribution in [2.75, 3.05) is 11.1 Å². The highest BCUT2D eigenvalue weighted by Gasteiger charge is 2.15. The van der Waals surface area contributed by atoms with E-state index in [1.165, 1.54) is 11.8 Å². The number of nitrogens with zero attached hydrogens (tertiary/aromatic N) is 3. The van der Waals surface area contributed by atoms with Crippen molar-refractivity contribution in [2.45, 2.75) is 11.7 Å². The van der Waals surface area contributed by atoms with Crippen molar-refractivity contribution in [2.24, 2.45) is 0 Å². The highest BCUT2D eigenvalue weighted by atomic mass is 35.5. The smallest absolute Gasteiger partial charge is 0.234 e. The van der Waals surface area contributed by atoms with Gasteiger partial charge >= 0.3 is 0 Å². The number of hydrogen-bond acceptors (Lipinski definition) is 5. The van der Waals surface area contributed by atoms with Crippen LogP contribution in [0, 0.1) is 0 Å². The van der Waals surface area contributed by atoms with Crippen LogP contribution in [0.4, 0.5) is 5.69 Å². The van der Waals surface area contributed by atoms with E-state index < -0.39 is 0 Å². The van der Waals surface area contributed by atoms with E-state index in [0.29, 0.717) is 27.4 Å². The van der Waals surface area contributed by atoms with E-state index in [0.717, 1.165) is 10.7 Å². The van der Waals surface area contributed by atoms with Crippen LogP contribution in [0.15, 0.2) is 53.5 Å². The number of carbonyl (C=O) groups is 1. The van der Waals surface area contributed by atoms with Crippen LogP contribution in [-0.2, 0) is 11.3 Å². The fourth-order valence-corrected chi connectivity index (χ4v) is 3.94. The van der Waals surface area contributed by atoms with Gasteiger partial charge < -0.3 is 5.32 Å². The summed E-state index contributed by atoms with van der Waals surface area (Å²) in [5.74, 6) is 0.798. The summed E-state index contributed by atoms with van der Waals surface area (Å²) in [6.45, 7) is 4.35. The number of thioether (sulfide) groups is 1. The predicted molar refractivity (Wildman–Crippen MR) is 109 cm³/mol. The minimum absolute atomic E-state index is 0.167. The lowest BCUT2D eigenvalue weighted by molar-refractivity contribution is -0.113. The Balaban J connectivity index is 1.68. The Morgan fingerprint density at radius 1 is 1.31 bits per heavy atom. The molecule has 1 aromatic carbocycles. The number of halogens is 2. The Morgan fingerprint density at radius 3 is 2.85 bits per heavy atom. The maximum absolute atomic E-state index is 12.2. The Morgan fingerprint density at radius 2 is 2.15 bits per heavy atom. The Hall–Kier alpha value is -1.80. The first-order valence-electron chi connectivity index (χ1n) is 7.54. The predicted octanol–water partition coefficient (Wildman–Crippen LogP) is 5.23. The molecule has 5 nitrogen and oxygen atoms in total. The summed E-state index contributed by atoms with van der Waals surface area (Å²) < 4.78 is 1.94. The summed E-state index contributed by atoms with van der Waals surface area (Å²) in [7, 11) is 0. The second-order valence-corrected chi connectivity index (χ2v) is 7.85. The third kappa shape index (κ3) is 4.48. The molecule has 0 spiro atoms. The number of carbonyl (C=O) groups excluding carboxylic acids is 1. The van der Waals surface area contributed by atoms with E-state index in [1.54, 1.807) is 35.6 Å². The van der Waals surface area contributed by atoms with E-state index in [4.69, 9.17) is 23.2 Å². The number of thiophene rings is 1. The van der Waals surface area contributed by atoms with Gasteiger partial charge in [-0.05, 0) is 29.6 Å². The molecule has 0 unspecified atom stereocenters. The number of aromatic nitrogens is 3. The molecule has 134 valence electrons. The third-order valence-corrected chi connectivity index (χ3v) is 5.88. The third-order valence-electron chi connectivity index (χ3n) is 3.31. The van der Waals surface area contributed by atoms with Gasteiger partial charge in [0.15, 0.2) is 11.0 Å². The van der Waals surface area contributed by atoms with Crippen molar-refractivity contribution in [1.82, 2.24) is 14.8 Å². The lowest BCUT2D eigenvalue weighted by atomic mass is 10.3. The Kier molecular flexibility index (Phi) is 6.37. The molecule has 3 aromatic rings. The van der Waals surface area contributed by atoms with E-state index >= 15 is 0 Å². The molecule has 0 aliphatic carbocycles. The molecule has 0 atom stereocenters. The van der Waals surface area contributed by atoms with Gasteiger partial charge in [-0.2, -0.15) is 0 Å². The van der Waals surface area contributed by atoms with Crippen molar-refractivity contribution in [1.29, 1.82) is 0 Å². The second-order valence-electron chi connectivity index (χ2n) is 5.15. The summed E-state index contributed by atoms with van der Waals surface area (Å²) in [4.78, 5) is 13.2. The van der Waals surface area contributed by atoms with E-state index in [-0.39, 0.29) is 11.7 Å². The molecule has 9 heteroatoms. The van der Waals surface area contributed by atoms with Crippen LogP contribution in [0.25, 0.3) is 10.7 Å². The number of allylic oxidation sites excluding steroid dienone is 1. The average Bonchev–Trinajstić information content (AvgIpc) is 3.26. The topological polar surface area (TPSA) is 59.8 Å². The average molecular weight is 425 g/mol. The summed E-state index contributed by atoms with van der Waals surface area (Å²) in [6.07, 6.45) is 1.78. The lowest BCUT2D eigenvalue weighted by Gasteiger charge is -2.08. The largest absolute Gasteiger partial charge is 0.325 e. The number of nitrogens with one attached hydrogen (secondary N) is 1. The fourth-order valence-electron chi connectivity index (χ4n) is 2.18. The van der Waals surface area contributed by atoms with Gasteiger partial charge in [-0.1, -0.05) is 47.1 Å². The van der Waals surface area contributed by atoms with Crippen LogP contribution in [0.3, 0.4) is 0 Å². The Labute approximate surface area is 169 Å². The standard InChI is InChI=1S/C17H14Cl2N4OS2/c1-2-7-23-16(14-4-3-8-25-14)21-22-17(23)26-10-15(24)20-11-5-6-12(18)13(19)9-11/h2-6,8-9H,1,7,10H2,(H,20,24). The highest BCUT2D eigenvalue weighted by molar-refractivity contribution is 7.99.